The molecule has 0 saturated carbocycles. The highest BCUT2D eigenvalue weighted by molar-refractivity contribution is 6.05. The molecule has 0 bridgehead atoms. The zero-order chi connectivity index (χ0) is 40.9. The van der Waals surface area contributed by atoms with Crippen molar-refractivity contribution in [2.24, 2.45) is 5.73 Å². The molecule has 0 aliphatic carbocycles. The Morgan fingerprint density at radius 2 is 1.53 bits per heavy atom. The van der Waals surface area contributed by atoms with Crippen LogP contribution in [0.3, 0.4) is 0 Å². The Balaban J connectivity index is 1.20. The number of aryl methyl sites for hydroxylation is 4. The van der Waals surface area contributed by atoms with Crippen molar-refractivity contribution in [3.05, 3.63) is 83.3 Å². The van der Waals surface area contributed by atoms with E-state index in [1.54, 1.807) is 55.0 Å². The first-order chi connectivity index (χ1) is 28.0. The Hall–Kier alpha value is -6.89. The summed E-state index contributed by atoms with van der Waals surface area (Å²) in [5.74, 6) is -0.0140. The largest absolute Gasteiger partial charge is 0.491 e. The third-order valence-electron chi connectivity index (χ3n) is 9.62. The van der Waals surface area contributed by atoms with E-state index in [1.807, 2.05) is 44.7 Å². The molecule has 1 saturated heterocycles. The minimum atomic E-state index is -0.677. The number of anilines is 2. The molecular formula is C39H46N14O5. The quantitative estimate of drug-likeness (QED) is 0.0824. The van der Waals surface area contributed by atoms with E-state index in [9.17, 15) is 19.2 Å². The number of nitrogens with zero attached hydrogens (tertiary/aromatic N) is 10. The smallest absolute Gasteiger partial charge is 0.292 e. The predicted octanol–water partition coefficient (Wildman–Crippen LogP) is 2.89. The fourth-order valence-electron chi connectivity index (χ4n) is 6.97. The molecular weight excluding hydrogens is 745 g/mol. The number of imidazole rings is 2. The molecule has 0 radical (unpaired) electrons. The van der Waals surface area contributed by atoms with Crippen LogP contribution < -0.4 is 26.4 Å². The van der Waals surface area contributed by atoms with Crippen LogP contribution >= 0.6 is 0 Å². The van der Waals surface area contributed by atoms with Crippen molar-refractivity contribution in [1.29, 1.82) is 0 Å². The molecule has 58 heavy (non-hydrogen) atoms. The van der Waals surface area contributed by atoms with Crippen molar-refractivity contribution < 1.29 is 23.9 Å². The van der Waals surface area contributed by atoms with Gasteiger partial charge in [0.05, 0.1) is 30.1 Å². The number of fused-ring (bicyclic) bond motifs is 2. The van der Waals surface area contributed by atoms with Gasteiger partial charge in [-0.15, -0.1) is 0 Å². The first kappa shape index (κ1) is 39.3. The lowest BCUT2D eigenvalue weighted by Gasteiger charge is -2.26. The van der Waals surface area contributed by atoms with E-state index in [2.05, 4.69) is 36.1 Å². The highest BCUT2D eigenvalue weighted by Crippen LogP contribution is 2.30. The molecule has 7 rings (SSSR count). The second kappa shape index (κ2) is 17.1. The number of carbonyl (C=O) groups is 4. The average molecular weight is 791 g/mol. The second-order valence-corrected chi connectivity index (χ2v) is 13.8. The van der Waals surface area contributed by atoms with Crippen molar-refractivity contribution in [3.8, 4) is 5.75 Å². The number of allylic oxidation sites excluding steroid dienone is 2. The zero-order valence-electron chi connectivity index (χ0n) is 32.9. The van der Waals surface area contributed by atoms with E-state index >= 15 is 0 Å². The molecule has 0 spiro atoms. The summed E-state index contributed by atoms with van der Waals surface area (Å²) in [6, 6.07) is 10.2. The number of aromatic nitrogens is 9. The maximum absolute atomic E-state index is 14.1. The van der Waals surface area contributed by atoms with Gasteiger partial charge in [-0.2, -0.15) is 10.2 Å². The molecule has 1 fully saturated rings. The third-order valence-corrected chi connectivity index (χ3v) is 9.62. The van der Waals surface area contributed by atoms with Crippen molar-refractivity contribution in [1.82, 2.24) is 53.9 Å². The van der Waals surface area contributed by atoms with Gasteiger partial charge in [-0.1, -0.05) is 12.2 Å². The van der Waals surface area contributed by atoms with Gasteiger partial charge in [-0.25, -0.2) is 24.3 Å². The number of primary amides is 1. The Morgan fingerprint density at radius 1 is 0.897 bits per heavy atom. The topological polar surface area (TPSA) is 227 Å². The maximum atomic E-state index is 14.1. The Morgan fingerprint density at radius 3 is 2.17 bits per heavy atom. The molecule has 1 aliphatic heterocycles. The van der Waals surface area contributed by atoms with Gasteiger partial charge in [-0.3, -0.25) is 24.1 Å². The number of amides is 4. The number of benzene rings is 1. The second-order valence-electron chi connectivity index (χ2n) is 13.8. The SMILES string of the molecule is CCn1nc(C)cc1NC(=O)c1nc2cccnc2n1C/C=C/Cn1c(C(=O)Nc2cc(C)nn2CC)nc2cc(C(N)=O)cc(OCCCN3CCNC(=O)C3)c21. The molecule has 0 atom stereocenters. The van der Waals surface area contributed by atoms with Crippen molar-refractivity contribution in [3.63, 3.8) is 0 Å². The molecule has 0 unspecified atom stereocenters. The number of rotatable bonds is 16. The normalized spacial score (nSPS) is 13.4. The monoisotopic (exact) mass is 790 g/mol. The average Bonchev–Trinajstić information content (AvgIpc) is 3.97. The molecule has 19 nitrogen and oxygen atoms in total. The molecule has 302 valence electrons. The van der Waals surface area contributed by atoms with E-state index in [4.69, 9.17) is 15.5 Å². The minimum absolute atomic E-state index is 0.0184. The number of piperazine rings is 1. The Kier molecular flexibility index (Phi) is 11.6. The molecule has 6 aromatic rings. The Labute approximate surface area is 333 Å². The van der Waals surface area contributed by atoms with Crippen LogP contribution in [0.25, 0.3) is 22.2 Å². The van der Waals surface area contributed by atoms with Crippen LogP contribution in [-0.4, -0.2) is 105 Å². The number of carbonyl (C=O) groups excluding carboxylic acids is 4. The third kappa shape index (κ3) is 8.43. The number of nitrogens with two attached hydrogens (primary N) is 1. The summed E-state index contributed by atoms with van der Waals surface area (Å²) in [5.41, 5.74) is 9.31. The summed E-state index contributed by atoms with van der Waals surface area (Å²) in [7, 11) is 0. The molecule has 1 aromatic carbocycles. The van der Waals surface area contributed by atoms with Gasteiger partial charge in [-0.05, 0) is 58.4 Å². The highest BCUT2D eigenvalue weighted by Gasteiger charge is 2.24. The van der Waals surface area contributed by atoms with Gasteiger partial charge >= 0.3 is 0 Å². The van der Waals surface area contributed by atoms with Crippen LogP contribution in [0, 0.1) is 13.8 Å². The van der Waals surface area contributed by atoms with Crippen molar-refractivity contribution in [2.45, 2.75) is 60.3 Å². The summed E-state index contributed by atoms with van der Waals surface area (Å²) in [6.07, 6.45) is 5.93. The summed E-state index contributed by atoms with van der Waals surface area (Å²) >= 11 is 0. The summed E-state index contributed by atoms with van der Waals surface area (Å²) in [6.45, 7) is 11.6. The van der Waals surface area contributed by atoms with Gasteiger partial charge in [0.15, 0.2) is 5.65 Å². The maximum Gasteiger partial charge on any atom is 0.292 e. The number of pyridine rings is 1. The van der Waals surface area contributed by atoms with E-state index in [0.717, 1.165) is 17.9 Å². The van der Waals surface area contributed by atoms with E-state index in [0.29, 0.717) is 78.7 Å². The number of nitrogens with one attached hydrogen (secondary N) is 3. The number of ether oxygens (including phenoxy) is 1. The van der Waals surface area contributed by atoms with Gasteiger partial charge < -0.3 is 35.6 Å². The first-order valence-corrected chi connectivity index (χ1v) is 19.2. The highest BCUT2D eigenvalue weighted by atomic mass is 16.5. The van der Waals surface area contributed by atoms with E-state index in [1.165, 1.54) is 6.07 Å². The minimum Gasteiger partial charge on any atom is -0.491 e. The van der Waals surface area contributed by atoms with Gasteiger partial charge in [0.25, 0.3) is 11.8 Å². The summed E-state index contributed by atoms with van der Waals surface area (Å²) in [4.78, 5) is 68.0. The standard InChI is InChI=1S/C39H46N14O5/c1-5-52-30(19-24(3)47-52)45-38(56)36-44-28-21-26(34(40)55)22-29(58-18-10-14-49-17-13-41-32(54)23-49)33(28)50(36)15-7-8-16-51-35-27(11-9-12-42-35)43-37(51)39(57)46-31-20-25(4)48-53(31)6-2/h7-9,11-12,19-22H,5-6,10,13-18,23H2,1-4H3,(H2,40,55)(H,41,54)(H,45,56)(H,46,57)/b8-7+. The van der Waals surface area contributed by atoms with Crippen molar-refractivity contribution >= 4 is 57.5 Å². The van der Waals surface area contributed by atoms with Crippen molar-refractivity contribution in [2.75, 3.05) is 43.4 Å². The fraction of sp³-hybridized carbons (Fsp3) is 0.359. The molecule has 6 heterocycles. The number of hydrogen-bond acceptors (Lipinski definition) is 11. The van der Waals surface area contributed by atoms with Gasteiger partial charge in [0, 0.05) is 69.7 Å². The van der Waals surface area contributed by atoms with Crippen LogP contribution in [0.15, 0.2) is 54.7 Å². The van der Waals surface area contributed by atoms with Crippen LogP contribution in [0.1, 0.15) is 63.3 Å². The zero-order valence-corrected chi connectivity index (χ0v) is 32.9. The van der Waals surface area contributed by atoms with E-state index in [-0.39, 0.29) is 42.8 Å². The van der Waals surface area contributed by atoms with Crippen LogP contribution in [0.5, 0.6) is 5.75 Å². The number of hydrogen-bond donors (Lipinski definition) is 4. The predicted molar refractivity (Wildman–Crippen MR) is 216 cm³/mol. The summed E-state index contributed by atoms with van der Waals surface area (Å²) in [5, 5.41) is 17.6. The lowest BCUT2D eigenvalue weighted by atomic mass is 10.1. The molecule has 1 aliphatic rings. The van der Waals surface area contributed by atoms with E-state index < -0.39 is 17.7 Å². The lowest BCUT2D eigenvalue weighted by molar-refractivity contribution is -0.124. The molecule has 4 amide bonds. The first-order valence-electron chi connectivity index (χ1n) is 19.2. The van der Waals surface area contributed by atoms with Crippen LogP contribution in [0.4, 0.5) is 11.6 Å². The lowest BCUT2D eigenvalue weighted by Crippen LogP contribution is -2.47. The molecule has 5 N–H and O–H groups in total. The molecule has 5 aromatic heterocycles. The fourth-order valence-corrected chi connectivity index (χ4v) is 6.97. The van der Waals surface area contributed by atoms with Crippen LogP contribution in [0.2, 0.25) is 0 Å². The molecule has 19 heteroatoms. The van der Waals surface area contributed by atoms with Gasteiger partial charge in [0.2, 0.25) is 23.5 Å². The van der Waals surface area contributed by atoms with Crippen LogP contribution in [-0.2, 0) is 31.0 Å². The Bertz CT molecular complexity index is 2540. The van der Waals surface area contributed by atoms with Gasteiger partial charge in [0.1, 0.15) is 28.4 Å². The summed E-state index contributed by atoms with van der Waals surface area (Å²) < 4.78 is 13.1.